The van der Waals surface area contributed by atoms with Crippen LogP contribution in [0.2, 0.25) is 0 Å². The van der Waals surface area contributed by atoms with Gasteiger partial charge in [0.2, 0.25) is 0 Å². The summed E-state index contributed by atoms with van der Waals surface area (Å²) in [6, 6.07) is 1.28. The molecule has 1 aliphatic carbocycles. The fourth-order valence-corrected chi connectivity index (χ4v) is 2.53. The number of hydrogen-bond donors (Lipinski definition) is 1. The fourth-order valence-electron chi connectivity index (χ4n) is 2.53. The van der Waals surface area contributed by atoms with Crippen molar-refractivity contribution < 1.29 is 0 Å². The summed E-state index contributed by atoms with van der Waals surface area (Å²) in [6.07, 6.45) is 6.36. The zero-order valence-corrected chi connectivity index (χ0v) is 10.7. The molecule has 1 atom stereocenters. The normalized spacial score (nSPS) is 29.4. The van der Waals surface area contributed by atoms with E-state index in [-0.39, 0.29) is 0 Å². The molecule has 1 aliphatic rings. The number of nitrogens with zero attached hydrogens (tertiary/aromatic N) is 1. The van der Waals surface area contributed by atoms with Gasteiger partial charge in [-0.1, -0.05) is 27.2 Å². The van der Waals surface area contributed by atoms with Crippen LogP contribution >= 0.6 is 0 Å². The second kappa shape index (κ2) is 6.49. The molecule has 1 rings (SSSR count). The lowest BCUT2D eigenvalue weighted by molar-refractivity contribution is 0.137. The molecule has 0 saturated heterocycles. The minimum atomic E-state index is 0.476. The maximum Gasteiger partial charge on any atom is 0.00964 e. The van der Waals surface area contributed by atoms with Crippen LogP contribution in [-0.2, 0) is 0 Å². The maximum atomic E-state index is 5.95. The average Bonchev–Trinajstić information content (AvgIpc) is 2.27. The lowest BCUT2D eigenvalue weighted by Crippen LogP contribution is -2.42. The smallest absolute Gasteiger partial charge is 0.00964 e. The molecule has 0 aromatic rings. The topological polar surface area (TPSA) is 29.3 Å². The number of nitrogens with two attached hydrogens (primary N) is 1. The minimum Gasteiger partial charge on any atom is -0.328 e. The van der Waals surface area contributed by atoms with Gasteiger partial charge in [0.05, 0.1) is 0 Å². The fraction of sp³-hybridized carbons (Fsp3) is 1.00. The van der Waals surface area contributed by atoms with E-state index in [1.54, 1.807) is 0 Å². The summed E-state index contributed by atoms with van der Waals surface area (Å²) < 4.78 is 0. The van der Waals surface area contributed by atoms with E-state index in [0.717, 1.165) is 12.0 Å². The first kappa shape index (κ1) is 13.0. The molecule has 0 bridgehead atoms. The Labute approximate surface area is 95.2 Å². The van der Waals surface area contributed by atoms with Gasteiger partial charge in [-0.2, -0.15) is 0 Å². The van der Waals surface area contributed by atoms with Crippen molar-refractivity contribution in [2.45, 2.75) is 65.0 Å². The van der Waals surface area contributed by atoms with Crippen molar-refractivity contribution in [3.8, 4) is 0 Å². The molecular formula is C13H28N2. The third kappa shape index (κ3) is 4.12. The molecule has 1 fully saturated rings. The van der Waals surface area contributed by atoms with Crippen molar-refractivity contribution in [1.29, 1.82) is 0 Å². The van der Waals surface area contributed by atoms with Gasteiger partial charge in [0.15, 0.2) is 0 Å². The SMILES string of the molecule is CCC(C)CN(CC)C1CCC(N)CC1. The Morgan fingerprint density at radius 3 is 2.27 bits per heavy atom. The molecule has 0 aromatic carbocycles. The minimum absolute atomic E-state index is 0.476. The van der Waals surface area contributed by atoms with E-state index in [9.17, 15) is 0 Å². The largest absolute Gasteiger partial charge is 0.328 e. The van der Waals surface area contributed by atoms with Gasteiger partial charge in [-0.3, -0.25) is 0 Å². The monoisotopic (exact) mass is 212 g/mol. The molecule has 2 nitrogen and oxygen atoms in total. The molecule has 0 aliphatic heterocycles. The van der Waals surface area contributed by atoms with Gasteiger partial charge in [0, 0.05) is 18.6 Å². The zero-order valence-electron chi connectivity index (χ0n) is 10.7. The van der Waals surface area contributed by atoms with Gasteiger partial charge in [0.25, 0.3) is 0 Å². The highest BCUT2D eigenvalue weighted by molar-refractivity contribution is 4.81. The summed E-state index contributed by atoms with van der Waals surface area (Å²) in [5.41, 5.74) is 5.95. The van der Waals surface area contributed by atoms with Crippen LogP contribution in [0.1, 0.15) is 52.9 Å². The van der Waals surface area contributed by atoms with Crippen molar-refractivity contribution >= 4 is 0 Å². The molecule has 2 heteroatoms. The van der Waals surface area contributed by atoms with Crippen LogP contribution in [0.5, 0.6) is 0 Å². The van der Waals surface area contributed by atoms with Crippen LogP contribution in [0.15, 0.2) is 0 Å². The Hall–Kier alpha value is -0.0800. The van der Waals surface area contributed by atoms with Gasteiger partial charge in [0.1, 0.15) is 0 Å². The van der Waals surface area contributed by atoms with E-state index in [0.29, 0.717) is 6.04 Å². The van der Waals surface area contributed by atoms with E-state index >= 15 is 0 Å². The van der Waals surface area contributed by atoms with E-state index in [2.05, 4.69) is 25.7 Å². The molecule has 0 radical (unpaired) electrons. The van der Waals surface area contributed by atoms with E-state index < -0.39 is 0 Å². The van der Waals surface area contributed by atoms with Crippen LogP contribution in [0.4, 0.5) is 0 Å². The molecule has 0 amide bonds. The van der Waals surface area contributed by atoms with Crippen molar-refractivity contribution in [2.75, 3.05) is 13.1 Å². The van der Waals surface area contributed by atoms with Gasteiger partial charge in [-0.15, -0.1) is 0 Å². The number of hydrogen-bond acceptors (Lipinski definition) is 2. The predicted molar refractivity (Wildman–Crippen MR) is 66.9 cm³/mol. The maximum absolute atomic E-state index is 5.95. The Morgan fingerprint density at radius 2 is 1.80 bits per heavy atom. The molecule has 15 heavy (non-hydrogen) atoms. The van der Waals surface area contributed by atoms with Gasteiger partial charge < -0.3 is 10.6 Å². The van der Waals surface area contributed by atoms with Gasteiger partial charge >= 0.3 is 0 Å². The van der Waals surface area contributed by atoms with Crippen LogP contribution in [-0.4, -0.2) is 30.1 Å². The first-order chi connectivity index (χ1) is 7.17. The lowest BCUT2D eigenvalue weighted by Gasteiger charge is -2.36. The Kier molecular flexibility index (Phi) is 5.62. The van der Waals surface area contributed by atoms with Crippen molar-refractivity contribution in [3.05, 3.63) is 0 Å². The number of rotatable bonds is 5. The average molecular weight is 212 g/mol. The van der Waals surface area contributed by atoms with Crippen LogP contribution in [0.25, 0.3) is 0 Å². The quantitative estimate of drug-likeness (QED) is 0.759. The second-order valence-electron chi connectivity index (χ2n) is 5.17. The summed E-state index contributed by atoms with van der Waals surface area (Å²) in [5.74, 6) is 0.834. The predicted octanol–water partition coefficient (Wildman–Crippen LogP) is 2.62. The molecule has 0 aromatic heterocycles. The Morgan fingerprint density at radius 1 is 1.20 bits per heavy atom. The molecular weight excluding hydrogens is 184 g/mol. The molecule has 0 heterocycles. The van der Waals surface area contributed by atoms with Crippen molar-refractivity contribution in [2.24, 2.45) is 11.7 Å². The summed E-state index contributed by atoms with van der Waals surface area (Å²) >= 11 is 0. The van der Waals surface area contributed by atoms with E-state index in [1.165, 1.54) is 45.2 Å². The first-order valence-electron chi connectivity index (χ1n) is 6.67. The highest BCUT2D eigenvalue weighted by Gasteiger charge is 2.23. The molecule has 1 unspecified atom stereocenters. The highest BCUT2D eigenvalue weighted by Crippen LogP contribution is 2.23. The van der Waals surface area contributed by atoms with E-state index in [4.69, 9.17) is 5.73 Å². The first-order valence-corrected chi connectivity index (χ1v) is 6.67. The summed E-state index contributed by atoms with van der Waals surface area (Å²) in [6.45, 7) is 9.40. The van der Waals surface area contributed by atoms with Gasteiger partial charge in [-0.05, 0) is 38.1 Å². The highest BCUT2D eigenvalue weighted by atomic mass is 15.1. The van der Waals surface area contributed by atoms with Crippen LogP contribution < -0.4 is 5.73 Å². The van der Waals surface area contributed by atoms with E-state index in [1.807, 2.05) is 0 Å². The summed E-state index contributed by atoms with van der Waals surface area (Å²) in [5, 5.41) is 0. The van der Waals surface area contributed by atoms with Crippen LogP contribution in [0.3, 0.4) is 0 Å². The Bertz CT molecular complexity index is 162. The van der Waals surface area contributed by atoms with Crippen LogP contribution in [0, 0.1) is 5.92 Å². The standard InChI is InChI=1S/C13H28N2/c1-4-11(3)10-15(5-2)13-8-6-12(14)7-9-13/h11-13H,4-10,14H2,1-3H3. The third-order valence-corrected chi connectivity index (χ3v) is 3.91. The van der Waals surface area contributed by atoms with Gasteiger partial charge in [-0.25, -0.2) is 0 Å². The molecule has 2 N–H and O–H groups in total. The van der Waals surface area contributed by atoms with Crippen molar-refractivity contribution in [3.63, 3.8) is 0 Å². The second-order valence-corrected chi connectivity index (χ2v) is 5.17. The molecule has 0 spiro atoms. The summed E-state index contributed by atoms with van der Waals surface area (Å²) in [7, 11) is 0. The Balaban J connectivity index is 2.37. The molecule has 90 valence electrons. The third-order valence-electron chi connectivity index (χ3n) is 3.91. The zero-order chi connectivity index (χ0) is 11.3. The summed E-state index contributed by atoms with van der Waals surface area (Å²) in [4.78, 5) is 2.67. The lowest BCUT2D eigenvalue weighted by atomic mass is 9.90. The molecule has 1 saturated carbocycles. The van der Waals surface area contributed by atoms with Crippen molar-refractivity contribution in [1.82, 2.24) is 4.90 Å².